The van der Waals surface area contributed by atoms with Crippen LogP contribution in [-0.4, -0.2) is 45.7 Å². The number of carbonyl (C=O) groups is 2. The van der Waals surface area contributed by atoms with E-state index in [0.29, 0.717) is 30.5 Å². The first-order chi connectivity index (χ1) is 15.4. The van der Waals surface area contributed by atoms with Crippen LogP contribution >= 0.6 is 0 Å². The lowest BCUT2D eigenvalue weighted by Crippen LogP contribution is -2.41. The molecule has 1 aromatic carbocycles. The van der Waals surface area contributed by atoms with Gasteiger partial charge in [-0.2, -0.15) is 5.10 Å². The maximum Gasteiger partial charge on any atom is 0.284 e. The topological polar surface area (TPSA) is 128 Å². The zero-order chi connectivity index (χ0) is 22.8. The van der Waals surface area contributed by atoms with E-state index in [-0.39, 0.29) is 23.3 Å². The molecule has 9 nitrogen and oxygen atoms in total. The molecule has 2 fully saturated rings. The molecule has 1 aliphatic carbocycles. The molecule has 0 spiro atoms. The number of hydrogen-bond acceptors (Lipinski definition) is 6. The van der Waals surface area contributed by atoms with Crippen molar-refractivity contribution < 1.29 is 14.3 Å². The van der Waals surface area contributed by atoms with Crippen molar-refractivity contribution in [3.8, 4) is 17.0 Å². The Hall–Kier alpha value is -3.59. The summed E-state index contributed by atoms with van der Waals surface area (Å²) in [6.45, 7) is 8.48. The van der Waals surface area contributed by atoms with Crippen molar-refractivity contribution in [3.63, 3.8) is 0 Å². The van der Waals surface area contributed by atoms with Crippen LogP contribution in [0.1, 0.15) is 47.8 Å². The van der Waals surface area contributed by atoms with Gasteiger partial charge >= 0.3 is 0 Å². The summed E-state index contributed by atoms with van der Waals surface area (Å²) in [7, 11) is 0. The first-order valence-corrected chi connectivity index (χ1v) is 10.7. The van der Waals surface area contributed by atoms with E-state index in [1.807, 2.05) is 24.3 Å². The first-order valence-electron chi connectivity index (χ1n) is 10.7. The molecule has 2 aromatic rings. The second-order valence-electron chi connectivity index (χ2n) is 8.14. The quantitative estimate of drug-likeness (QED) is 0.263. The van der Waals surface area contributed by atoms with Gasteiger partial charge in [0, 0.05) is 24.4 Å². The van der Waals surface area contributed by atoms with Crippen molar-refractivity contribution in [2.45, 2.75) is 37.8 Å². The van der Waals surface area contributed by atoms with Gasteiger partial charge < -0.3 is 15.4 Å². The number of nitrogen functional groups attached to an aromatic ring is 1. The highest BCUT2D eigenvalue weighted by molar-refractivity contribution is 6.00. The van der Waals surface area contributed by atoms with Gasteiger partial charge in [0.15, 0.2) is 0 Å². The predicted molar refractivity (Wildman–Crippen MR) is 121 cm³/mol. The summed E-state index contributed by atoms with van der Waals surface area (Å²) in [5.41, 5.74) is 10.5. The van der Waals surface area contributed by atoms with E-state index in [9.17, 15) is 9.59 Å². The van der Waals surface area contributed by atoms with E-state index in [1.54, 1.807) is 9.58 Å². The highest BCUT2D eigenvalue weighted by Crippen LogP contribution is 2.34. The van der Waals surface area contributed by atoms with Gasteiger partial charge in [-0.1, -0.05) is 13.2 Å². The van der Waals surface area contributed by atoms with Crippen molar-refractivity contribution in [2.75, 3.05) is 13.1 Å². The van der Waals surface area contributed by atoms with Gasteiger partial charge in [0.05, 0.1) is 17.7 Å². The number of rotatable bonds is 7. The third-order valence-electron chi connectivity index (χ3n) is 5.76. The average molecular weight is 437 g/mol. The molecule has 4 rings (SSSR count). The number of nitrogens with zero attached hydrogens (tertiary/aromatic N) is 3. The summed E-state index contributed by atoms with van der Waals surface area (Å²) in [6.07, 6.45) is 5.27. The largest absolute Gasteiger partial charge is 0.490 e. The van der Waals surface area contributed by atoms with Crippen LogP contribution < -0.4 is 21.7 Å². The van der Waals surface area contributed by atoms with Gasteiger partial charge in [0.2, 0.25) is 5.91 Å². The summed E-state index contributed by atoms with van der Waals surface area (Å²) in [5, 5.41) is 4.77. The molecule has 0 bridgehead atoms. The Morgan fingerprint density at radius 3 is 2.53 bits per heavy atom. The van der Waals surface area contributed by atoms with Gasteiger partial charge in [-0.25, -0.2) is 5.84 Å². The Morgan fingerprint density at radius 2 is 1.94 bits per heavy atom. The van der Waals surface area contributed by atoms with Gasteiger partial charge in [0.25, 0.3) is 5.91 Å². The third kappa shape index (κ3) is 4.24. The second kappa shape index (κ2) is 8.88. The maximum atomic E-state index is 12.8. The van der Waals surface area contributed by atoms with E-state index in [0.717, 1.165) is 37.0 Å². The molecule has 2 aliphatic rings. The van der Waals surface area contributed by atoms with E-state index in [2.05, 4.69) is 18.6 Å². The lowest BCUT2D eigenvalue weighted by atomic mass is 10.0. The van der Waals surface area contributed by atoms with Gasteiger partial charge in [-0.3, -0.25) is 19.7 Å². The molecule has 168 valence electrons. The van der Waals surface area contributed by atoms with E-state index in [1.165, 1.54) is 6.08 Å². The molecule has 32 heavy (non-hydrogen) atoms. The number of amides is 2. The maximum absolute atomic E-state index is 12.8. The molecule has 1 atom stereocenters. The van der Waals surface area contributed by atoms with Crippen LogP contribution in [0, 0.1) is 0 Å². The van der Waals surface area contributed by atoms with Crippen molar-refractivity contribution in [1.82, 2.24) is 20.1 Å². The van der Waals surface area contributed by atoms with E-state index in [4.69, 9.17) is 21.4 Å². The number of nitrogens with two attached hydrogens (primary N) is 2. The minimum atomic E-state index is -0.522. The van der Waals surface area contributed by atoms with Crippen molar-refractivity contribution in [2.24, 2.45) is 11.6 Å². The molecule has 5 N–H and O–H groups in total. The number of ether oxygens (including phenoxy) is 1. The van der Waals surface area contributed by atoms with Crippen molar-refractivity contribution in [3.05, 3.63) is 54.8 Å². The fourth-order valence-electron chi connectivity index (χ4n) is 4.04. The Labute approximate surface area is 186 Å². The van der Waals surface area contributed by atoms with Crippen LogP contribution in [0.25, 0.3) is 17.0 Å². The lowest BCUT2D eigenvalue weighted by Gasteiger charge is -2.32. The highest BCUT2D eigenvalue weighted by Gasteiger charge is 2.32. The summed E-state index contributed by atoms with van der Waals surface area (Å²) >= 11 is 0. The minimum absolute atomic E-state index is 0.151. The predicted octanol–water partition coefficient (Wildman–Crippen LogP) is 1.97. The van der Waals surface area contributed by atoms with Crippen LogP contribution in [0.5, 0.6) is 5.75 Å². The van der Waals surface area contributed by atoms with Gasteiger partial charge in [0.1, 0.15) is 17.1 Å². The fourth-order valence-corrected chi connectivity index (χ4v) is 4.04. The van der Waals surface area contributed by atoms with E-state index < -0.39 is 5.91 Å². The van der Waals surface area contributed by atoms with Crippen LogP contribution in [-0.2, 0) is 4.79 Å². The zero-order valence-corrected chi connectivity index (χ0v) is 17.9. The monoisotopic (exact) mass is 436 g/mol. The van der Waals surface area contributed by atoms with Crippen LogP contribution in [0.4, 0.5) is 0 Å². The van der Waals surface area contributed by atoms with Crippen LogP contribution in [0.3, 0.4) is 0 Å². The SMILES string of the molecule is C=CC(=O)N1CCC[C@@H](n2nc(-c3ccc(OC4CC4)cc3)c(C(=C)N)c2C(=O)NN)C1. The number of hydrazine groups is 1. The minimum Gasteiger partial charge on any atom is -0.490 e. The Kier molecular flexibility index (Phi) is 6.00. The molecule has 2 heterocycles. The lowest BCUT2D eigenvalue weighted by molar-refractivity contribution is -0.127. The number of benzene rings is 1. The van der Waals surface area contributed by atoms with Gasteiger partial charge in [-0.15, -0.1) is 0 Å². The number of nitrogens with one attached hydrogen (secondary N) is 1. The van der Waals surface area contributed by atoms with Crippen molar-refractivity contribution in [1.29, 1.82) is 0 Å². The molecule has 1 aliphatic heterocycles. The summed E-state index contributed by atoms with van der Waals surface area (Å²) in [4.78, 5) is 26.7. The highest BCUT2D eigenvalue weighted by atomic mass is 16.5. The molecule has 9 heteroatoms. The Bertz CT molecular complexity index is 1050. The number of aromatic nitrogens is 2. The summed E-state index contributed by atoms with van der Waals surface area (Å²) < 4.78 is 7.45. The normalized spacial score (nSPS) is 18.2. The standard InChI is InChI=1S/C23H28N6O3/c1-3-19(30)28-12-4-5-16(13-28)29-22(23(31)26-25)20(14(2)24)21(27-29)15-6-8-17(9-7-15)32-18-10-11-18/h3,6-9,16,18H,1-2,4-5,10-13,24-25H2,(H,26,31)/t16-/m1/s1. The Morgan fingerprint density at radius 1 is 1.22 bits per heavy atom. The summed E-state index contributed by atoms with van der Waals surface area (Å²) in [5.74, 6) is 5.60. The second-order valence-corrected chi connectivity index (χ2v) is 8.14. The van der Waals surface area contributed by atoms with Crippen LogP contribution in [0.2, 0.25) is 0 Å². The van der Waals surface area contributed by atoms with Crippen molar-refractivity contribution >= 4 is 17.5 Å². The number of hydrogen-bond donors (Lipinski definition) is 3. The Balaban J connectivity index is 1.76. The molecule has 1 saturated heterocycles. The van der Waals surface area contributed by atoms with E-state index >= 15 is 0 Å². The molecular formula is C23H28N6O3. The average Bonchev–Trinajstić information content (AvgIpc) is 3.53. The summed E-state index contributed by atoms with van der Waals surface area (Å²) in [6, 6.07) is 7.31. The molecule has 0 unspecified atom stereocenters. The molecular weight excluding hydrogens is 408 g/mol. The van der Waals surface area contributed by atoms with Crippen LogP contribution in [0.15, 0.2) is 43.5 Å². The molecule has 0 radical (unpaired) electrons. The fraction of sp³-hybridized carbons (Fsp3) is 0.348. The number of piperidine rings is 1. The first kappa shape index (κ1) is 21.6. The molecule has 1 aromatic heterocycles. The number of carbonyl (C=O) groups excluding carboxylic acids is 2. The molecule has 1 saturated carbocycles. The van der Waals surface area contributed by atoms with Gasteiger partial charge in [-0.05, 0) is 56.0 Å². The zero-order valence-electron chi connectivity index (χ0n) is 17.9. The third-order valence-corrected chi connectivity index (χ3v) is 5.76. The molecule has 2 amide bonds. The number of likely N-dealkylation sites (tertiary alicyclic amines) is 1. The smallest absolute Gasteiger partial charge is 0.284 e.